The van der Waals surface area contributed by atoms with Gasteiger partial charge in [-0.1, -0.05) is 36.1 Å². The number of thioether (sulfide) groups is 1. The van der Waals surface area contributed by atoms with Gasteiger partial charge in [0.2, 0.25) is 5.13 Å². The third-order valence-electron chi connectivity index (χ3n) is 3.31. The number of esters is 1. The molecule has 1 aromatic carbocycles. The predicted octanol–water partition coefficient (Wildman–Crippen LogP) is 3.22. The minimum atomic E-state index is -0.633. The number of hydrogen-bond donors (Lipinski definition) is 1. The molecule has 0 aliphatic heterocycles. The van der Waals surface area contributed by atoms with Gasteiger partial charge < -0.3 is 9.47 Å². The van der Waals surface area contributed by atoms with Crippen molar-refractivity contribution in [3.63, 3.8) is 0 Å². The summed E-state index contributed by atoms with van der Waals surface area (Å²) in [6, 6.07) is 5.84. The summed E-state index contributed by atoms with van der Waals surface area (Å²) in [7, 11) is 1.33. The SMILES string of the molecule is CC[C@@H](Oc1cc(C)cc(C)c1)C(=O)Nc1nnc(SCC(=O)OC)s1. The maximum atomic E-state index is 12.5. The van der Waals surface area contributed by atoms with Gasteiger partial charge >= 0.3 is 5.97 Å². The smallest absolute Gasteiger partial charge is 0.316 e. The Labute approximate surface area is 160 Å². The second-order valence-corrected chi connectivity index (χ2v) is 7.77. The number of carbonyl (C=O) groups excluding carboxylic acids is 2. The first-order valence-electron chi connectivity index (χ1n) is 8.00. The Morgan fingerprint density at radius 3 is 2.54 bits per heavy atom. The normalized spacial score (nSPS) is 11.7. The van der Waals surface area contributed by atoms with Crippen molar-refractivity contribution in [1.29, 1.82) is 0 Å². The fraction of sp³-hybridized carbons (Fsp3) is 0.412. The molecule has 9 heteroatoms. The Morgan fingerprint density at radius 2 is 1.92 bits per heavy atom. The molecule has 140 valence electrons. The molecule has 0 saturated carbocycles. The van der Waals surface area contributed by atoms with Gasteiger partial charge in [0.1, 0.15) is 5.75 Å². The molecule has 0 aliphatic carbocycles. The molecule has 1 atom stereocenters. The maximum absolute atomic E-state index is 12.5. The average Bonchev–Trinajstić information content (AvgIpc) is 3.03. The van der Waals surface area contributed by atoms with Crippen molar-refractivity contribution >= 4 is 40.1 Å². The first kappa shape index (κ1) is 20.2. The van der Waals surface area contributed by atoms with E-state index < -0.39 is 6.10 Å². The molecule has 0 bridgehead atoms. The lowest BCUT2D eigenvalue weighted by molar-refractivity contribution is -0.137. The molecule has 0 aliphatic rings. The summed E-state index contributed by atoms with van der Waals surface area (Å²) in [5.41, 5.74) is 2.15. The van der Waals surface area contributed by atoms with Crippen LogP contribution in [-0.2, 0) is 14.3 Å². The van der Waals surface area contributed by atoms with Crippen LogP contribution in [0.4, 0.5) is 5.13 Å². The number of nitrogens with one attached hydrogen (secondary N) is 1. The van der Waals surface area contributed by atoms with Crippen LogP contribution in [0.5, 0.6) is 5.75 Å². The van der Waals surface area contributed by atoms with E-state index in [0.29, 0.717) is 21.6 Å². The van der Waals surface area contributed by atoms with Crippen molar-refractivity contribution in [3.8, 4) is 5.75 Å². The third kappa shape index (κ3) is 5.99. The van der Waals surface area contributed by atoms with E-state index in [9.17, 15) is 9.59 Å². The highest BCUT2D eigenvalue weighted by Crippen LogP contribution is 2.26. The van der Waals surface area contributed by atoms with Crippen molar-refractivity contribution in [2.45, 2.75) is 37.6 Å². The summed E-state index contributed by atoms with van der Waals surface area (Å²) < 4.78 is 11.0. The molecule has 2 aromatic rings. The molecule has 1 amide bonds. The van der Waals surface area contributed by atoms with E-state index in [1.807, 2.05) is 39.0 Å². The van der Waals surface area contributed by atoms with Crippen molar-refractivity contribution in [3.05, 3.63) is 29.3 Å². The molecule has 0 fully saturated rings. The Balaban J connectivity index is 1.96. The highest BCUT2D eigenvalue weighted by Gasteiger charge is 2.20. The van der Waals surface area contributed by atoms with E-state index in [4.69, 9.17) is 4.74 Å². The van der Waals surface area contributed by atoms with E-state index in [2.05, 4.69) is 20.3 Å². The summed E-state index contributed by atoms with van der Waals surface area (Å²) >= 11 is 2.41. The lowest BCUT2D eigenvalue weighted by Crippen LogP contribution is -2.32. The zero-order valence-electron chi connectivity index (χ0n) is 15.1. The van der Waals surface area contributed by atoms with Gasteiger partial charge in [-0.3, -0.25) is 14.9 Å². The second kappa shape index (κ2) is 9.54. The predicted molar refractivity (Wildman–Crippen MR) is 102 cm³/mol. The van der Waals surface area contributed by atoms with Crippen LogP contribution in [0.2, 0.25) is 0 Å². The lowest BCUT2D eigenvalue weighted by atomic mass is 10.1. The fourth-order valence-corrected chi connectivity index (χ4v) is 3.76. The minimum Gasteiger partial charge on any atom is -0.481 e. The number of anilines is 1. The lowest BCUT2D eigenvalue weighted by Gasteiger charge is -2.17. The summed E-state index contributed by atoms with van der Waals surface area (Å²) in [4.78, 5) is 23.6. The number of benzene rings is 1. The number of ether oxygens (including phenoxy) is 2. The van der Waals surface area contributed by atoms with Crippen LogP contribution in [0, 0.1) is 13.8 Å². The second-order valence-electron chi connectivity index (χ2n) is 5.57. The fourth-order valence-electron chi connectivity index (χ4n) is 2.17. The monoisotopic (exact) mass is 395 g/mol. The third-order valence-corrected chi connectivity index (χ3v) is 5.26. The number of hydrogen-bond acceptors (Lipinski definition) is 8. The van der Waals surface area contributed by atoms with Gasteiger partial charge in [0.25, 0.3) is 5.91 Å². The van der Waals surface area contributed by atoms with Gasteiger partial charge in [0, 0.05) is 0 Å². The number of amides is 1. The summed E-state index contributed by atoms with van der Waals surface area (Å²) in [5.74, 6) is 0.180. The molecule has 1 heterocycles. The number of aromatic nitrogens is 2. The van der Waals surface area contributed by atoms with Gasteiger partial charge in [-0.25, -0.2) is 0 Å². The van der Waals surface area contributed by atoms with Crippen LogP contribution in [0.25, 0.3) is 0 Å². The zero-order chi connectivity index (χ0) is 19.1. The molecular formula is C17H21N3O4S2. The standard InChI is InChI=1S/C17H21N3O4S2/c1-5-13(24-12-7-10(2)6-11(3)8-12)15(22)18-16-19-20-17(26-16)25-9-14(21)23-4/h6-8,13H,5,9H2,1-4H3,(H,18,19,22)/t13-/m1/s1. The zero-order valence-corrected chi connectivity index (χ0v) is 16.7. The Bertz CT molecular complexity index is 759. The number of nitrogens with zero attached hydrogens (tertiary/aromatic N) is 2. The van der Waals surface area contributed by atoms with Crippen molar-refractivity contribution in [2.75, 3.05) is 18.2 Å². The molecule has 0 radical (unpaired) electrons. The van der Waals surface area contributed by atoms with E-state index in [0.717, 1.165) is 11.1 Å². The minimum absolute atomic E-state index is 0.145. The van der Waals surface area contributed by atoms with Crippen molar-refractivity contribution in [2.24, 2.45) is 0 Å². The van der Waals surface area contributed by atoms with Gasteiger partial charge in [0.15, 0.2) is 10.4 Å². The first-order valence-corrected chi connectivity index (χ1v) is 9.80. The Morgan fingerprint density at radius 1 is 1.23 bits per heavy atom. The first-order chi connectivity index (χ1) is 12.4. The van der Waals surface area contributed by atoms with E-state index in [1.165, 1.54) is 30.2 Å². The largest absolute Gasteiger partial charge is 0.481 e. The highest BCUT2D eigenvalue weighted by atomic mass is 32.2. The Kier molecular flexibility index (Phi) is 7.40. The van der Waals surface area contributed by atoms with Crippen LogP contribution < -0.4 is 10.1 Å². The van der Waals surface area contributed by atoms with Crippen LogP contribution in [-0.4, -0.2) is 41.0 Å². The molecule has 7 nitrogen and oxygen atoms in total. The van der Waals surface area contributed by atoms with E-state index in [-0.39, 0.29) is 17.6 Å². The number of methoxy groups -OCH3 is 1. The summed E-state index contributed by atoms with van der Waals surface area (Å²) in [6.07, 6.45) is -0.118. The topological polar surface area (TPSA) is 90.4 Å². The number of carbonyl (C=O) groups is 2. The molecule has 0 spiro atoms. The molecule has 2 rings (SSSR count). The average molecular weight is 396 g/mol. The Hall–Kier alpha value is -2.13. The molecular weight excluding hydrogens is 374 g/mol. The van der Waals surface area contributed by atoms with Crippen molar-refractivity contribution < 1.29 is 19.1 Å². The molecule has 1 aromatic heterocycles. The summed E-state index contributed by atoms with van der Waals surface area (Å²) in [5, 5.41) is 10.9. The van der Waals surface area contributed by atoms with Crippen molar-refractivity contribution in [1.82, 2.24) is 10.2 Å². The molecule has 0 unspecified atom stereocenters. The van der Waals surface area contributed by atoms with Gasteiger partial charge in [0.05, 0.1) is 12.9 Å². The molecule has 1 N–H and O–H groups in total. The number of aryl methyl sites for hydroxylation is 2. The summed E-state index contributed by atoms with van der Waals surface area (Å²) in [6.45, 7) is 5.84. The van der Waals surface area contributed by atoms with Gasteiger partial charge in [-0.2, -0.15) is 0 Å². The van der Waals surface area contributed by atoms with E-state index in [1.54, 1.807) is 0 Å². The number of rotatable bonds is 8. The molecule has 26 heavy (non-hydrogen) atoms. The van der Waals surface area contributed by atoms with Crippen LogP contribution in [0.15, 0.2) is 22.5 Å². The van der Waals surface area contributed by atoms with E-state index >= 15 is 0 Å². The van der Waals surface area contributed by atoms with Crippen LogP contribution in [0.3, 0.4) is 0 Å². The quantitative estimate of drug-likeness (QED) is 0.417. The van der Waals surface area contributed by atoms with Crippen LogP contribution in [0.1, 0.15) is 24.5 Å². The van der Waals surface area contributed by atoms with Crippen LogP contribution >= 0.6 is 23.1 Å². The van der Waals surface area contributed by atoms with Gasteiger partial charge in [-0.05, 0) is 43.5 Å². The highest BCUT2D eigenvalue weighted by molar-refractivity contribution is 8.01. The van der Waals surface area contributed by atoms with Gasteiger partial charge in [-0.15, -0.1) is 10.2 Å². The molecule has 0 saturated heterocycles. The maximum Gasteiger partial charge on any atom is 0.316 e.